The predicted octanol–water partition coefficient (Wildman–Crippen LogP) is 1.39. The minimum atomic E-state index is 0.402. The monoisotopic (exact) mass is 252 g/mol. The summed E-state index contributed by atoms with van der Waals surface area (Å²) in [6.45, 7) is 4.92. The van der Waals surface area contributed by atoms with Crippen molar-refractivity contribution in [2.24, 2.45) is 5.73 Å². The average molecular weight is 252 g/mol. The fourth-order valence-electron chi connectivity index (χ4n) is 1.34. The molecule has 0 saturated carbocycles. The molecule has 1 rings (SSSR count). The fourth-order valence-corrected chi connectivity index (χ4v) is 1.45. The molecule has 1 aromatic rings. The van der Waals surface area contributed by atoms with Crippen molar-refractivity contribution in [3.8, 4) is 0 Å². The van der Waals surface area contributed by atoms with Crippen LogP contribution in [0.3, 0.4) is 0 Å². The summed E-state index contributed by atoms with van der Waals surface area (Å²) in [7, 11) is 4.10. The van der Waals surface area contributed by atoms with E-state index in [1.165, 1.54) is 0 Å². The number of aromatic nitrogens is 1. The van der Waals surface area contributed by atoms with Crippen LogP contribution < -0.4 is 11.1 Å². The SMILES string of the molecule is Cc1cc(C(N)=S)cc(NCC(C)N(C)C)n1. The van der Waals surface area contributed by atoms with Gasteiger partial charge in [-0.05, 0) is 40.1 Å². The maximum atomic E-state index is 5.62. The van der Waals surface area contributed by atoms with Gasteiger partial charge in [-0.2, -0.15) is 0 Å². The quantitative estimate of drug-likeness (QED) is 0.776. The zero-order chi connectivity index (χ0) is 13.0. The van der Waals surface area contributed by atoms with E-state index in [1.54, 1.807) is 0 Å². The van der Waals surface area contributed by atoms with Gasteiger partial charge in [0, 0.05) is 23.8 Å². The van der Waals surface area contributed by atoms with Gasteiger partial charge in [0.05, 0.1) is 0 Å². The molecular formula is C12H20N4S. The second-order valence-electron chi connectivity index (χ2n) is 4.44. The van der Waals surface area contributed by atoms with Crippen LogP contribution in [0, 0.1) is 6.92 Å². The number of hydrogen-bond acceptors (Lipinski definition) is 4. The first-order valence-electron chi connectivity index (χ1n) is 5.59. The summed E-state index contributed by atoms with van der Waals surface area (Å²) >= 11 is 4.97. The molecule has 0 fully saturated rings. The van der Waals surface area contributed by atoms with Gasteiger partial charge in [-0.25, -0.2) is 4.98 Å². The Morgan fingerprint density at radius 2 is 2.18 bits per heavy atom. The van der Waals surface area contributed by atoms with Crippen LogP contribution in [0.25, 0.3) is 0 Å². The van der Waals surface area contributed by atoms with Crippen molar-refractivity contribution in [3.05, 3.63) is 23.4 Å². The molecule has 0 aliphatic rings. The van der Waals surface area contributed by atoms with Crippen LogP contribution in [0.1, 0.15) is 18.2 Å². The Morgan fingerprint density at radius 1 is 1.53 bits per heavy atom. The van der Waals surface area contributed by atoms with Crippen LogP contribution in [0.4, 0.5) is 5.82 Å². The molecule has 1 heterocycles. The van der Waals surface area contributed by atoms with Crippen molar-refractivity contribution in [1.29, 1.82) is 0 Å². The maximum absolute atomic E-state index is 5.62. The number of rotatable bonds is 5. The van der Waals surface area contributed by atoms with Gasteiger partial charge in [-0.3, -0.25) is 0 Å². The van der Waals surface area contributed by atoms with E-state index in [-0.39, 0.29) is 0 Å². The first-order chi connectivity index (χ1) is 7.90. The molecule has 1 atom stereocenters. The van der Waals surface area contributed by atoms with E-state index in [4.69, 9.17) is 18.0 Å². The summed E-state index contributed by atoms with van der Waals surface area (Å²) in [6.07, 6.45) is 0. The molecule has 1 unspecified atom stereocenters. The van der Waals surface area contributed by atoms with E-state index in [2.05, 4.69) is 36.2 Å². The van der Waals surface area contributed by atoms with E-state index < -0.39 is 0 Å². The van der Waals surface area contributed by atoms with E-state index in [9.17, 15) is 0 Å². The Kier molecular flexibility index (Phi) is 4.84. The van der Waals surface area contributed by atoms with Gasteiger partial charge >= 0.3 is 0 Å². The van der Waals surface area contributed by atoms with Crippen molar-refractivity contribution in [3.63, 3.8) is 0 Å². The molecule has 0 aliphatic heterocycles. The summed E-state index contributed by atoms with van der Waals surface area (Å²) in [6, 6.07) is 4.21. The Balaban J connectivity index is 2.74. The van der Waals surface area contributed by atoms with Gasteiger partial charge in [0.1, 0.15) is 10.8 Å². The molecular weight excluding hydrogens is 232 g/mol. The first kappa shape index (κ1) is 13.9. The third-order valence-corrected chi connectivity index (χ3v) is 2.93. The number of likely N-dealkylation sites (N-methyl/N-ethyl adjacent to an activating group) is 1. The van der Waals surface area contributed by atoms with Crippen molar-refractivity contribution in [1.82, 2.24) is 9.88 Å². The smallest absolute Gasteiger partial charge is 0.126 e. The molecule has 0 bridgehead atoms. The number of hydrogen-bond donors (Lipinski definition) is 2. The van der Waals surface area contributed by atoms with Gasteiger partial charge in [0.15, 0.2) is 0 Å². The third-order valence-electron chi connectivity index (χ3n) is 2.70. The minimum Gasteiger partial charge on any atom is -0.389 e. The van der Waals surface area contributed by atoms with Crippen molar-refractivity contribution >= 4 is 23.0 Å². The van der Waals surface area contributed by atoms with Crippen LogP contribution in [0.2, 0.25) is 0 Å². The molecule has 0 spiro atoms. The summed E-state index contributed by atoms with van der Waals surface area (Å²) in [4.78, 5) is 6.95. The number of nitrogens with zero attached hydrogens (tertiary/aromatic N) is 2. The third kappa shape index (κ3) is 4.28. The zero-order valence-corrected chi connectivity index (χ0v) is 11.6. The lowest BCUT2D eigenvalue weighted by atomic mass is 10.2. The zero-order valence-electron chi connectivity index (χ0n) is 10.8. The number of aryl methyl sites for hydroxylation is 1. The largest absolute Gasteiger partial charge is 0.389 e. The van der Waals surface area contributed by atoms with Gasteiger partial charge in [-0.15, -0.1) is 0 Å². The molecule has 0 radical (unpaired) electrons. The highest BCUT2D eigenvalue weighted by atomic mass is 32.1. The highest BCUT2D eigenvalue weighted by Crippen LogP contribution is 2.10. The predicted molar refractivity (Wildman–Crippen MR) is 76.5 cm³/mol. The van der Waals surface area contributed by atoms with Crippen LogP contribution in [0.5, 0.6) is 0 Å². The average Bonchev–Trinajstić information content (AvgIpc) is 2.24. The number of thiocarbonyl (C=S) groups is 1. The Bertz CT molecular complexity index is 403. The van der Waals surface area contributed by atoms with Crippen molar-refractivity contribution in [2.75, 3.05) is 26.0 Å². The summed E-state index contributed by atoms with van der Waals surface area (Å²) in [5.74, 6) is 0.821. The van der Waals surface area contributed by atoms with E-state index in [0.717, 1.165) is 23.6 Å². The van der Waals surface area contributed by atoms with Gasteiger partial charge in [0.25, 0.3) is 0 Å². The van der Waals surface area contributed by atoms with E-state index in [1.807, 2.05) is 19.1 Å². The standard InChI is InChI=1S/C12H20N4S/c1-8-5-10(12(13)17)6-11(15-8)14-7-9(2)16(3)4/h5-6,9H,7H2,1-4H3,(H2,13,17)(H,14,15). The highest BCUT2D eigenvalue weighted by Gasteiger charge is 2.06. The molecule has 3 N–H and O–H groups in total. The Labute approximate surface area is 108 Å². The van der Waals surface area contributed by atoms with Gasteiger partial charge in [-0.1, -0.05) is 12.2 Å². The normalized spacial score (nSPS) is 12.5. The van der Waals surface area contributed by atoms with Crippen LogP contribution in [0.15, 0.2) is 12.1 Å². The molecule has 5 heteroatoms. The van der Waals surface area contributed by atoms with Crippen LogP contribution in [-0.2, 0) is 0 Å². The lowest BCUT2D eigenvalue weighted by molar-refractivity contribution is 0.326. The Morgan fingerprint density at radius 3 is 2.71 bits per heavy atom. The van der Waals surface area contributed by atoms with Crippen molar-refractivity contribution in [2.45, 2.75) is 19.9 Å². The Hall–Kier alpha value is -1.20. The number of nitrogens with two attached hydrogens (primary N) is 1. The number of anilines is 1. The van der Waals surface area contributed by atoms with Crippen LogP contribution >= 0.6 is 12.2 Å². The van der Waals surface area contributed by atoms with Crippen molar-refractivity contribution < 1.29 is 0 Å². The topological polar surface area (TPSA) is 54.2 Å². The van der Waals surface area contributed by atoms with Gasteiger partial charge < -0.3 is 16.0 Å². The lowest BCUT2D eigenvalue weighted by Crippen LogP contribution is -2.31. The first-order valence-corrected chi connectivity index (χ1v) is 5.99. The molecule has 0 aliphatic carbocycles. The molecule has 17 heavy (non-hydrogen) atoms. The summed E-state index contributed by atoms with van der Waals surface area (Å²) < 4.78 is 0. The molecule has 0 saturated heterocycles. The second-order valence-corrected chi connectivity index (χ2v) is 4.88. The summed E-state index contributed by atoms with van der Waals surface area (Å²) in [5, 5.41) is 3.29. The lowest BCUT2D eigenvalue weighted by Gasteiger charge is -2.20. The maximum Gasteiger partial charge on any atom is 0.126 e. The molecule has 0 amide bonds. The molecule has 94 valence electrons. The van der Waals surface area contributed by atoms with Crippen LogP contribution in [-0.4, -0.2) is 41.6 Å². The van der Waals surface area contributed by atoms with E-state index >= 15 is 0 Å². The molecule has 0 aromatic carbocycles. The van der Waals surface area contributed by atoms with E-state index in [0.29, 0.717) is 11.0 Å². The van der Waals surface area contributed by atoms with Gasteiger partial charge in [0.2, 0.25) is 0 Å². The number of pyridine rings is 1. The molecule has 1 aromatic heterocycles. The molecule has 4 nitrogen and oxygen atoms in total. The fraction of sp³-hybridized carbons (Fsp3) is 0.500. The summed E-state index contributed by atoms with van der Waals surface area (Å²) in [5.41, 5.74) is 7.39. The second kappa shape index (κ2) is 5.93. The number of nitrogens with one attached hydrogen (secondary N) is 1. The minimum absolute atomic E-state index is 0.402. The highest BCUT2D eigenvalue weighted by molar-refractivity contribution is 7.80.